The fourth-order valence-electron chi connectivity index (χ4n) is 7.96. The molecule has 0 unspecified atom stereocenters. The van der Waals surface area contributed by atoms with Gasteiger partial charge in [0, 0.05) is 43.8 Å². The summed E-state index contributed by atoms with van der Waals surface area (Å²) >= 11 is 0. The van der Waals surface area contributed by atoms with E-state index < -0.39 is 0 Å². The van der Waals surface area contributed by atoms with E-state index in [0.717, 1.165) is 88.9 Å². The molecule has 0 N–H and O–H groups in total. The summed E-state index contributed by atoms with van der Waals surface area (Å²) in [7, 11) is 0. The zero-order valence-electron chi connectivity index (χ0n) is 29.4. The van der Waals surface area contributed by atoms with Gasteiger partial charge in [-0.2, -0.15) is 0 Å². The third-order valence-corrected chi connectivity index (χ3v) is 10.3. The molecule has 0 aliphatic heterocycles. The number of rotatable bonds is 6. The predicted octanol–water partition coefficient (Wildman–Crippen LogP) is 11.7. The Balaban J connectivity index is 1.07. The smallest absolute Gasteiger partial charge is 0.248 e. The Morgan fingerprint density at radius 3 is 1.22 bits per heavy atom. The Bertz CT molecular complexity index is 3000. The number of fused-ring (bicyclic) bond motifs is 6. The standard InChI is InChI=1S/C48H30N6O/c1-3-15-31(16-4-1)37-23-13-29-43(49-37)53-39-25-9-7-19-33(39)45-35(21-11-27-41(45)53)47-51-52-48(55-47)36-22-12-28-42-46(36)34-20-8-10-26-40(34)54(42)44-30-14-24-38(50-44)32-17-5-2-6-18-32/h1-30H. The van der Waals surface area contributed by atoms with Gasteiger partial charge in [0.1, 0.15) is 11.6 Å². The number of nitrogens with zero attached hydrogens (tertiary/aromatic N) is 6. The summed E-state index contributed by atoms with van der Waals surface area (Å²) in [5.41, 5.74) is 9.80. The van der Waals surface area contributed by atoms with Crippen molar-refractivity contribution in [3.63, 3.8) is 0 Å². The second-order valence-electron chi connectivity index (χ2n) is 13.5. The number of hydrogen-bond donors (Lipinski definition) is 0. The highest BCUT2D eigenvalue weighted by Crippen LogP contribution is 2.41. The molecule has 0 amide bonds. The van der Waals surface area contributed by atoms with Crippen LogP contribution in [0.4, 0.5) is 0 Å². The molecule has 0 radical (unpaired) electrons. The van der Waals surface area contributed by atoms with Gasteiger partial charge in [-0.1, -0.05) is 121 Å². The van der Waals surface area contributed by atoms with Crippen LogP contribution in [-0.2, 0) is 0 Å². The van der Waals surface area contributed by atoms with Crippen molar-refractivity contribution in [3.8, 4) is 57.1 Å². The van der Waals surface area contributed by atoms with Crippen molar-refractivity contribution < 1.29 is 4.42 Å². The maximum atomic E-state index is 6.68. The molecule has 55 heavy (non-hydrogen) atoms. The van der Waals surface area contributed by atoms with E-state index in [1.54, 1.807) is 0 Å². The molecular weight excluding hydrogens is 677 g/mol. The summed E-state index contributed by atoms with van der Waals surface area (Å²) in [4.78, 5) is 10.3. The lowest BCUT2D eigenvalue weighted by Crippen LogP contribution is -1.98. The summed E-state index contributed by atoms with van der Waals surface area (Å²) < 4.78 is 11.1. The molecule has 0 saturated heterocycles. The van der Waals surface area contributed by atoms with Crippen molar-refractivity contribution in [2.24, 2.45) is 0 Å². The van der Waals surface area contributed by atoms with Gasteiger partial charge >= 0.3 is 0 Å². The Morgan fingerprint density at radius 1 is 0.345 bits per heavy atom. The van der Waals surface area contributed by atoms with Gasteiger partial charge in [-0.3, -0.25) is 9.13 Å². The zero-order chi connectivity index (χ0) is 36.3. The minimum Gasteiger partial charge on any atom is -0.416 e. The van der Waals surface area contributed by atoms with Gasteiger partial charge in [-0.05, 0) is 60.7 Å². The van der Waals surface area contributed by atoms with Crippen molar-refractivity contribution in [2.45, 2.75) is 0 Å². The van der Waals surface area contributed by atoms with E-state index in [2.05, 4.69) is 130 Å². The fraction of sp³-hybridized carbons (Fsp3) is 0. The van der Waals surface area contributed by atoms with Gasteiger partial charge in [0.05, 0.1) is 33.5 Å². The first-order chi connectivity index (χ1) is 27.3. The minimum atomic E-state index is 0.451. The van der Waals surface area contributed by atoms with Gasteiger partial charge in [0.2, 0.25) is 11.8 Å². The summed E-state index contributed by atoms with van der Waals surface area (Å²) in [5.74, 6) is 2.57. The highest BCUT2D eigenvalue weighted by Gasteiger charge is 2.23. The third kappa shape index (κ3) is 4.98. The van der Waals surface area contributed by atoms with E-state index in [9.17, 15) is 0 Å². The van der Waals surface area contributed by atoms with Gasteiger partial charge in [0.25, 0.3) is 0 Å². The molecule has 5 aromatic heterocycles. The summed E-state index contributed by atoms with van der Waals surface area (Å²) in [5, 5.41) is 13.6. The van der Waals surface area contributed by atoms with Crippen molar-refractivity contribution in [2.75, 3.05) is 0 Å². The van der Waals surface area contributed by atoms with Crippen molar-refractivity contribution in [3.05, 3.63) is 182 Å². The molecule has 0 atom stereocenters. The Morgan fingerprint density at radius 2 is 0.745 bits per heavy atom. The van der Waals surface area contributed by atoms with Gasteiger partial charge < -0.3 is 4.42 Å². The van der Waals surface area contributed by atoms with Crippen LogP contribution >= 0.6 is 0 Å². The van der Waals surface area contributed by atoms with E-state index >= 15 is 0 Å². The van der Waals surface area contributed by atoms with Crippen LogP contribution in [-0.4, -0.2) is 29.3 Å². The van der Waals surface area contributed by atoms with Crippen LogP contribution in [0.2, 0.25) is 0 Å². The van der Waals surface area contributed by atoms with Gasteiger partial charge in [0.15, 0.2) is 0 Å². The molecule has 0 saturated carbocycles. The lowest BCUT2D eigenvalue weighted by molar-refractivity contribution is 0.586. The van der Waals surface area contributed by atoms with E-state index in [4.69, 9.17) is 24.6 Å². The number of benzene rings is 6. The average Bonchev–Trinajstić information content (AvgIpc) is 3.98. The summed E-state index contributed by atoms with van der Waals surface area (Å²) in [6, 6.07) is 62.1. The summed E-state index contributed by atoms with van der Waals surface area (Å²) in [6.45, 7) is 0. The highest BCUT2D eigenvalue weighted by molar-refractivity contribution is 6.16. The molecule has 7 heteroatoms. The van der Waals surface area contributed by atoms with E-state index in [-0.39, 0.29) is 0 Å². The maximum Gasteiger partial charge on any atom is 0.248 e. The van der Waals surface area contributed by atoms with Crippen molar-refractivity contribution in [1.82, 2.24) is 29.3 Å². The predicted molar refractivity (Wildman–Crippen MR) is 220 cm³/mol. The van der Waals surface area contributed by atoms with Gasteiger partial charge in [-0.25, -0.2) is 9.97 Å². The van der Waals surface area contributed by atoms with Gasteiger partial charge in [-0.15, -0.1) is 10.2 Å². The van der Waals surface area contributed by atoms with Crippen molar-refractivity contribution in [1.29, 1.82) is 0 Å². The molecule has 0 spiro atoms. The molecule has 11 rings (SSSR count). The lowest BCUT2D eigenvalue weighted by Gasteiger charge is -2.09. The summed E-state index contributed by atoms with van der Waals surface area (Å²) in [6.07, 6.45) is 0. The molecule has 0 fully saturated rings. The molecule has 7 nitrogen and oxygen atoms in total. The van der Waals surface area contributed by atoms with Crippen LogP contribution in [0.3, 0.4) is 0 Å². The van der Waals surface area contributed by atoms with Crippen molar-refractivity contribution >= 4 is 43.6 Å². The van der Waals surface area contributed by atoms with Crippen LogP contribution < -0.4 is 0 Å². The Hall–Kier alpha value is -7.64. The second kappa shape index (κ2) is 12.5. The molecule has 258 valence electrons. The van der Waals surface area contributed by atoms with Crippen LogP contribution in [0, 0.1) is 0 Å². The number of para-hydroxylation sites is 2. The Kier molecular flexibility index (Phi) is 7.03. The monoisotopic (exact) mass is 706 g/mol. The number of aromatic nitrogens is 6. The number of pyridine rings is 2. The molecule has 0 aliphatic rings. The first kappa shape index (κ1) is 30.9. The molecule has 5 heterocycles. The first-order valence-corrected chi connectivity index (χ1v) is 18.2. The molecule has 0 aliphatic carbocycles. The Labute approximate surface area is 315 Å². The highest BCUT2D eigenvalue weighted by atomic mass is 16.4. The quantitative estimate of drug-likeness (QED) is 0.172. The van der Waals surface area contributed by atoms with E-state index in [1.165, 1.54) is 0 Å². The third-order valence-electron chi connectivity index (χ3n) is 10.3. The van der Waals surface area contributed by atoms with Crippen LogP contribution in [0.15, 0.2) is 186 Å². The zero-order valence-corrected chi connectivity index (χ0v) is 29.4. The number of hydrogen-bond acceptors (Lipinski definition) is 5. The lowest BCUT2D eigenvalue weighted by atomic mass is 10.1. The molecule has 0 bridgehead atoms. The SMILES string of the molecule is c1ccc(-c2cccc(-n3c4ccccc4c4c(-c5nnc(-c6cccc7c6c6ccccc6n7-c6cccc(-c7ccccc7)n6)o5)cccc43)n2)cc1. The second-order valence-corrected chi connectivity index (χ2v) is 13.5. The average molecular weight is 707 g/mol. The van der Waals surface area contributed by atoms with Crippen LogP contribution in [0.5, 0.6) is 0 Å². The van der Waals surface area contributed by atoms with Crippen LogP contribution in [0.1, 0.15) is 0 Å². The molecular formula is C48H30N6O. The minimum absolute atomic E-state index is 0.451. The van der Waals surface area contributed by atoms with Crippen LogP contribution in [0.25, 0.3) is 101 Å². The maximum absolute atomic E-state index is 6.68. The largest absolute Gasteiger partial charge is 0.416 e. The first-order valence-electron chi connectivity index (χ1n) is 18.2. The van der Waals surface area contributed by atoms with E-state index in [1.807, 2.05) is 60.7 Å². The molecule has 6 aromatic carbocycles. The molecule has 11 aromatic rings. The normalized spacial score (nSPS) is 11.6. The fourth-order valence-corrected chi connectivity index (χ4v) is 7.96. The van der Waals surface area contributed by atoms with E-state index in [0.29, 0.717) is 11.8 Å². The topological polar surface area (TPSA) is 74.6 Å².